The first-order chi connectivity index (χ1) is 14.3. The van der Waals surface area contributed by atoms with Gasteiger partial charge in [0.25, 0.3) is 5.91 Å². The van der Waals surface area contributed by atoms with Crippen LogP contribution in [0.1, 0.15) is 39.4 Å². The SMILES string of the molecule is Cc1cc(-c2ccc(C(=O)N3CCC(c4cccnc4)C3)cc2)cc(C(F)(F)F)c1. The summed E-state index contributed by atoms with van der Waals surface area (Å²) in [4.78, 5) is 18.8. The maximum atomic E-state index is 13.1. The molecular formula is C24H21F3N2O. The lowest BCUT2D eigenvalue weighted by Gasteiger charge is -2.17. The highest BCUT2D eigenvalue weighted by Gasteiger charge is 2.31. The predicted molar refractivity (Wildman–Crippen MR) is 109 cm³/mol. The Kier molecular flexibility index (Phi) is 5.33. The molecule has 0 N–H and O–H groups in total. The van der Waals surface area contributed by atoms with Gasteiger partial charge in [0, 0.05) is 37.0 Å². The number of amides is 1. The third-order valence-electron chi connectivity index (χ3n) is 5.50. The van der Waals surface area contributed by atoms with Crippen LogP contribution in [0.5, 0.6) is 0 Å². The summed E-state index contributed by atoms with van der Waals surface area (Å²) in [6.45, 7) is 2.95. The van der Waals surface area contributed by atoms with Gasteiger partial charge in [0.15, 0.2) is 0 Å². The number of likely N-dealkylation sites (tertiary alicyclic amines) is 1. The van der Waals surface area contributed by atoms with E-state index in [1.807, 2.05) is 23.2 Å². The maximum absolute atomic E-state index is 13.1. The summed E-state index contributed by atoms with van der Waals surface area (Å²) in [5, 5.41) is 0. The van der Waals surface area contributed by atoms with E-state index in [1.165, 1.54) is 0 Å². The molecule has 0 spiro atoms. The number of halogens is 3. The molecule has 0 aliphatic carbocycles. The minimum absolute atomic E-state index is 0.0619. The van der Waals surface area contributed by atoms with Crippen LogP contribution < -0.4 is 0 Å². The van der Waals surface area contributed by atoms with E-state index in [1.54, 1.807) is 43.5 Å². The van der Waals surface area contributed by atoms with E-state index in [4.69, 9.17) is 0 Å². The maximum Gasteiger partial charge on any atom is 0.416 e. The number of carbonyl (C=O) groups is 1. The molecule has 1 fully saturated rings. The summed E-state index contributed by atoms with van der Waals surface area (Å²) in [5.74, 6) is 0.211. The van der Waals surface area contributed by atoms with Crippen molar-refractivity contribution in [2.75, 3.05) is 13.1 Å². The predicted octanol–water partition coefficient (Wildman–Crippen LogP) is 5.71. The van der Waals surface area contributed by atoms with E-state index in [-0.39, 0.29) is 11.8 Å². The van der Waals surface area contributed by atoms with Crippen molar-refractivity contribution in [3.63, 3.8) is 0 Å². The Morgan fingerprint density at radius 3 is 2.50 bits per heavy atom. The minimum Gasteiger partial charge on any atom is -0.338 e. The molecular weight excluding hydrogens is 389 g/mol. The number of aryl methyl sites for hydroxylation is 1. The van der Waals surface area contributed by atoms with Crippen molar-refractivity contribution in [1.82, 2.24) is 9.88 Å². The molecule has 1 atom stereocenters. The highest BCUT2D eigenvalue weighted by Crippen LogP contribution is 2.34. The number of hydrogen-bond acceptors (Lipinski definition) is 2. The number of aromatic nitrogens is 1. The van der Waals surface area contributed by atoms with Crippen LogP contribution in [0.4, 0.5) is 13.2 Å². The average Bonchev–Trinajstić information content (AvgIpc) is 3.23. The van der Waals surface area contributed by atoms with Crippen LogP contribution >= 0.6 is 0 Å². The van der Waals surface area contributed by atoms with E-state index in [0.717, 1.165) is 24.1 Å². The van der Waals surface area contributed by atoms with Gasteiger partial charge in [-0.3, -0.25) is 9.78 Å². The highest BCUT2D eigenvalue weighted by molar-refractivity contribution is 5.95. The van der Waals surface area contributed by atoms with Gasteiger partial charge in [0.2, 0.25) is 0 Å². The Morgan fingerprint density at radius 1 is 1.07 bits per heavy atom. The zero-order valence-corrected chi connectivity index (χ0v) is 16.5. The quantitative estimate of drug-likeness (QED) is 0.555. The van der Waals surface area contributed by atoms with Crippen LogP contribution in [0.2, 0.25) is 0 Å². The topological polar surface area (TPSA) is 33.2 Å². The van der Waals surface area contributed by atoms with Crippen molar-refractivity contribution >= 4 is 5.91 Å². The normalized spacial score (nSPS) is 16.7. The van der Waals surface area contributed by atoms with Crippen molar-refractivity contribution in [3.8, 4) is 11.1 Å². The lowest BCUT2D eigenvalue weighted by molar-refractivity contribution is -0.137. The number of carbonyl (C=O) groups excluding carboxylic acids is 1. The van der Waals surface area contributed by atoms with Crippen LogP contribution in [0.15, 0.2) is 67.0 Å². The molecule has 3 aromatic rings. The van der Waals surface area contributed by atoms with Crippen molar-refractivity contribution in [1.29, 1.82) is 0 Å². The zero-order valence-electron chi connectivity index (χ0n) is 16.5. The summed E-state index contributed by atoms with van der Waals surface area (Å²) in [6, 6.07) is 14.7. The second-order valence-electron chi connectivity index (χ2n) is 7.69. The Hall–Kier alpha value is -3.15. The first-order valence-corrected chi connectivity index (χ1v) is 9.80. The van der Waals surface area contributed by atoms with Crippen LogP contribution in [0, 0.1) is 6.92 Å². The second kappa shape index (κ2) is 7.94. The molecule has 4 rings (SSSR count). The van der Waals surface area contributed by atoms with Crippen LogP contribution in [-0.4, -0.2) is 28.9 Å². The van der Waals surface area contributed by atoms with Gasteiger partial charge in [-0.1, -0.05) is 24.3 Å². The van der Waals surface area contributed by atoms with Crippen molar-refractivity contribution in [3.05, 3.63) is 89.2 Å². The summed E-state index contributed by atoms with van der Waals surface area (Å²) < 4.78 is 39.3. The van der Waals surface area contributed by atoms with Crippen LogP contribution in [-0.2, 0) is 6.18 Å². The smallest absolute Gasteiger partial charge is 0.338 e. The van der Waals surface area contributed by atoms with Gasteiger partial charge in [0.05, 0.1) is 5.56 Å². The fourth-order valence-electron chi connectivity index (χ4n) is 3.94. The standard InChI is InChI=1S/C24H21F3N2O/c1-16-11-21(13-22(12-16)24(25,26)27)17-4-6-18(7-5-17)23(30)29-10-8-20(15-29)19-3-2-9-28-14-19/h2-7,9,11-14,20H,8,10,15H2,1H3. The van der Waals surface area contributed by atoms with Gasteiger partial charge in [-0.05, 0) is 65.9 Å². The molecule has 1 aromatic heterocycles. The van der Waals surface area contributed by atoms with E-state index in [9.17, 15) is 18.0 Å². The molecule has 3 nitrogen and oxygen atoms in total. The van der Waals surface area contributed by atoms with Gasteiger partial charge in [0.1, 0.15) is 0 Å². The summed E-state index contributed by atoms with van der Waals surface area (Å²) >= 11 is 0. The molecule has 30 heavy (non-hydrogen) atoms. The van der Waals surface area contributed by atoms with Gasteiger partial charge >= 0.3 is 6.18 Å². The summed E-state index contributed by atoms with van der Waals surface area (Å²) in [7, 11) is 0. The Labute approximate surface area is 173 Å². The highest BCUT2D eigenvalue weighted by atomic mass is 19.4. The summed E-state index contributed by atoms with van der Waals surface area (Å²) in [6.07, 6.45) is 0.0651. The number of pyridine rings is 1. The fourth-order valence-corrected chi connectivity index (χ4v) is 3.94. The van der Waals surface area contributed by atoms with Gasteiger partial charge < -0.3 is 4.90 Å². The lowest BCUT2D eigenvalue weighted by atomic mass is 9.99. The molecule has 0 radical (unpaired) electrons. The minimum atomic E-state index is -4.39. The van der Waals surface area contributed by atoms with Crippen molar-refractivity contribution in [2.45, 2.75) is 25.4 Å². The molecule has 2 aromatic carbocycles. The zero-order chi connectivity index (χ0) is 21.3. The number of rotatable bonds is 3. The third-order valence-corrected chi connectivity index (χ3v) is 5.50. The fraction of sp³-hybridized carbons (Fsp3) is 0.250. The van der Waals surface area contributed by atoms with Crippen LogP contribution in [0.25, 0.3) is 11.1 Å². The van der Waals surface area contributed by atoms with Gasteiger partial charge in [-0.2, -0.15) is 13.2 Å². The second-order valence-corrected chi connectivity index (χ2v) is 7.69. The molecule has 2 heterocycles. The van der Waals surface area contributed by atoms with E-state index >= 15 is 0 Å². The molecule has 1 saturated heterocycles. The van der Waals surface area contributed by atoms with E-state index < -0.39 is 11.7 Å². The lowest BCUT2D eigenvalue weighted by Crippen LogP contribution is -2.28. The first-order valence-electron chi connectivity index (χ1n) is 9.80. The van der Waals surface area contributed by atoms with E-state index in [0.29, 0.717) is 35.3 Å². The van der Waals surface area contributed by atoms with Crippen LogP contribution in [0.3, 0.4) is 0 Å². The van der Waals surface area contributed by atoms with E-state index in [2.05, 4.69) is 4.98 Å². The Balaban J connectivity index is 1.50. The average molecular weight is 410 g/mol. The van der Waals surface area contributed by atoms with Gasteiger partial charge in [-0.25, -0.2) is 0 Å². The molecule has 0 saturated carbocycles. The third kappa shape index (κ3) is 4.22. The number of alkyl halides is 3. The Morgan fingerprint density at radius 2 is 1.83 bits per heavy atom. The number of nitrogens with zero attached hydrogens (tertiary/aromatic N) is 2. The molecule has 154 valence electrons. The number of benzene rings is 2. The molecule has 1 amide bonds. The summed E-state index contributed by atoms with van der Waals surface area (Å²) in [5.41, 5.74) is 2.67. The van der Waals surface area contributed by atoms with Gasteiger partial charge in [-0.15, -0.1) is 0 Å². The Bertz CT molecular complexity index is 1050. The molecule has 1 aliphatic heterocycles. The molecule has 1 aliphatic rings. The first kappa shape index (κ1) is 20.1. The monoisotopic (exact) mass is 410 g/mol. The van der Waals surface area contributed by atoms with Crippen molar-refractivity contribution < 1.29 is 18.0 Å². The largest absolute Gasteiger partial charge is 0.416 e. The van der Waals surface area contributed by atoms with Crippen molar-refractivity contribution in [2.24, 2.45) is 0 Å². The number of hydrogen-bond donors (Lipinski definition) is 0. The molecule has 6 heteroatoms. The molecule has 0 bridgehead atoms. The molecule has 1 unspecified atom stereocenters.